The van der Waals surface area contributed by atoms with E-state index in [1.807, 2.05) is 37.3 Å². The molecule has 13 heteroatoms. The van der Waals surface area contributed by atoms with E-state index in [0.717, 1.165) is 48.3 Å². The van der Waals surface area contributed by atoms with Gasteiger partial charge in [-0.05, 0) is 110 Å². The number of benzene rings is 2. The summed E-state index contributed by atoms with van der Waals surface area (Å²) in [5.74, 6) is 0.763. The Balaban J connectivity index is 1.04. The summed E-state index contributed by atoms with van der Waals surface area (Å²) < 4.78 is 0. The van der Waals surface area contributed by atoms with Gasteiger partial charge < -0.3 is 22.1 Å². The van der Waals surface area contributed by atoms with E-state index in [2.05, 4.69) is 36.2 Å². The van der Waals surface area contributed by atoms with Gasteiger partial charge >= 0.3 is 0 Å². The van der Waals surface area contributed by atoms with E-state index in [4.69, 9.17) is 11.5 Å². The number of piperidine rings is 1. The number of aromatic amines is 1. The van der Waals surface area contributed by atoms with Gasteiger partial charge in [0.2, 0.25) is 11.7 Å². The lowest BCUT2D eigenvalue weighted by Gasteiger charge is -2.32. The van der Waals surface area contributed by atoms with Gasteiger partial charge in [-0.3, -0.25) is 14.4 Å². The topological polar surface area (TPSA) is 198 Å². The smallest absolute Gasteiger partial charge is 0.270 e. The Morgan fingerprint density at radius 2 is 1.63 bits per heavy atom. The Morgan fingerprint density at radius 1 is 0.939 bits per heavy atom. The van der Waals surface area contributed by atoms with Crippen molar-refractivity contribution in [1.29, 1.82) is 0 Å². The van der Waals surface area contributed by atoms with Gasteiger partial charge in [0.05, 0.1) is 11.7 Å². The SMILES string of the molecule is Cc1nc(C(=O)NC2C3CNCC32)ccc1-c1ccc(C[C@H](N)C(=O)N(C(=O)C2CCC(CN)CC2)c2ccc(-c3nn[nH]n3)cc2)cc1. The first-order valence-corrected chi connectivity index (χ1v) is 17.1. The summed E-state index contributed by atoms with van der Waals surface area (Å²) >= 11 is 0. The van der Waals surface area contributed by atoms with Crippen LogP contribution in [0.15, 0.2) is 60.7 Å². The lowest BCUT2D eigenvalue weighted by Crippen LogP contribution is -2.50. The molecule has 1 aliphatic heterocycles. The third-order valence-electron chi connectivity index (χ3n) is 10.4. The van der Waals surface area contributed by atoms with Gasteiger partial charge in [0.15, 0.2) is 0 Å². The summed E-state index contributed by atoms with van der Waals surface area (Å²) in [5, 5.41) is 20.5. The number of amides is 3. The molecule has 7 N–H and O–H groups in total. The van der Waals surface area contributed by atoms with Gasteiger partial charge in [0.25, 0.3) is 11.8 Å². The summed E-state index contributed by atoms with van der Waals surface area (Å²) in [6.45, 7) is 4.41. The molecule has 0 bridgehead atoms. The Bertz CT molecular complexity index is 1790. The van der Waals surface area contributed by atoms with Crippen LogP contribution in [0.3, 0.4) is 0 Å². The largest absolute Gasteiger partial charge is 0.347 e. The summed E-state index contributed by atoms with van der Waals surface area (Å²) in [6, 6.07) is 17.7. The van der Waals surface area contributed by atoms with Crippen molar-refractivity contribution in [2.75, 3.05) is 24.5 Å². The monoisotopic (exact) mass is 662 g/mol. The zero-order chi connectivity index (χ0) is 34.1. The third-order valence-corrected chi connectivity index (χ3v) is 10.4. The number of pyridine rings is 1. The van der Waals surface area contributed by atoms with Gasteiger partial charge in [-0.25, -0.2) is 9.88 Å². The molecule has 4 aromatic rings. The molecule has 254 valence electrons. The highest BCUT2D eigenvalue weighted by atomic mass is 16.2. The lowest BCUT2D eigenvalue weighted by atomic mass is 9.81. The molecule has 3 fully saturated rings. The van der Waals surface area contributed by atoms with Crippen molar-refractivity contribution >= 4 is 23.4 Å². The normalized spacial score (nSPS) is 23.4. The summed E-state index contributed by atoms with van der Waals surface area (Å²) in [7, 11) is 0. The van der Waals surface area contributed by atoms with Crippen molar-refractivity contribution in [3.63, 3.8) is 0 Å². The number of nitrogens with two attached hydrogens (primary N) is 2. The van der Waals surface area contributed by atoms with Gasteiger partial charge in [-0.1, -0.05) is 30.3 Å². The summed E-state index contributed by atoms with van der Waals surface area (Å²) in [6.07, 6.45) is 3.32. The second kappa shape index (κ2) is 13.9. The van der Waals surface area contributed by atoms with Crippen molar-refractivity contribution < 1.29 is 14.4 Å². The maximum atomic E-state index is 14.0. The number of nitrogens with one attached hydrogen (secondary N) is 3. The van der Waals surface area contributed by atoms with Crippen molar-refractivity contribution in [2.24, 2.45) is 35.1 Å². The van der Waals surface area contributed by atoms with Crippen LogP contribution in [0, 0.1) is 30.6 Å². The Hall–Kier alpha value is -4.85. The highest BCUT2D eigenvalue weighted by Crippen LogP contribution is 2.41. The summed E-state index contributed by atoms with van der Waals surface area (Å²) in [5.41, 5.74) is 17.5. The zero-order valence-electron chi connectivity index (χ0n) is 27.5. The Morgan fingerprint density at radius 3 is 2.27 bits per heavy atom. The number of aromatic nitrogens is 5. The minimum absolute atomic E-state index is 0.137. The number of nitrogens with zero attached hydrogens (tertiary/aromatic N) is 5. The number of carbonyl (C=O) groups is 3. The van der Waals surface area contributed by atoms with Crippen molar-refractivity contribution in [3.8, 4) is 22.5 Å². The third kappa shape index (κ3) is 6.87. The predicted molar refractivity (Wildman–Crippen MR) is 184 cm³/mol. The number of imide groups is 1. The molecule has 2 saturated carbocycles. The molecule has 0 spiro atoms. The number of H-pyrrole nitrogens is 1. The Kier molecular flexibility index (Phi) is 9.30. The minimum atomic E-state index is -0.949. The second-order valence-corrected chi connectivity index (χ2v) is 13.6. The minimum Gasteiger partial charge on any atom is -0.347 e. The van der Waals surface area contributed by atoms with Gasteiger partial charge in [-0.2, -0.15) is 5.21 Å². The highest BCUT2D eigenvalue weighted by Gasteiger charge is 2.53. The van der Waals surface area contributed by atoms with Crippen LogP contribution < -0.4 is 27.0 Å². The first-order chi connectivity index (χ1) is 23.8. The van der Waals surface area contributed by atoms with Crippen molar-refractivity contribution in [2.45, 2.75) is 51.1 Å². The quantitative estimate of drug-likeness (QED) is 0.168. The van der Waals surface area contributed by atoms with Gasteiger partial charge in [-0.15, -0.1) is 10.2 Å². The molecule has 3 atom stereocenters. The van der Waals surface area contributed by atoms with Gasteiger partial charge in [0.1, 0.15) is 5.69 Å². The zero-order valence-corrected chi connectivity index (χ0v) is 27.5. The van der Waals surface area contributed by atoms with Gasteiger partial charge in [0, 0.05) is 41.9 Å². The molecule has 2 aromatic carbocycles. The molecule has 0 radical (unpaired) electrons. The number of anilines is 1. The van der Waals surface area contributed by atoms with E-state index in [1.54, 1.807) is 30.3 Å². The van der Waals surface area contributed by atoms with Crippen LogP contribution >= 0.6 is 0 Å². The average Bonchev–Trinajstić information content (AvgIpc) is 3.52. The number of carbonyl (C=O) groups excluding carboxylic acids is 3. The van der Waals surface area contributed by atoms with Crippen LogP contribution in [-0.2, 0) is 16.0 Å². The molecule has 2 aromatic heterocycles. The highest BCUT2D eigenvalue weighted by molar-refractivity contribution is 6.17. The first kappa shape index (κ1) is 32.7. The molecule has 3 aliphatic rings. The molecular formula is C36H42N10O3. The standard InChI is InChI=1S/C36H42N10O3/c1-20-27(14-15-31(40-20)34(47)41-32-28-18-39-19-29(28)32)23-6-2-21(3-7-23)16-30(38)36(49)46(35(48)25-8-4-22(17-37)5-9-25)26-12-10-24(11-13-26)33-42-44-45-43-33/h2-3,6-7,10-15,22,25,28-30,32,39H,4-5,8-9,16-19,37-38H2,1H3,(H,41,47)(H,42,43,44,45)/t22?,25?,28?,29?,30-,32?/m0/s1. The van der Waals surface area contributed by atoms with E-state index in [1.165, 1.54) is 4.90 Å². The van der Waals surface area contributed by atoms with E-state index in [9.17, 15) is 14.4 Å². The van der Waals surface area contributed by atoms with Crippen LogP contribution in [-0.4, -0.2) is 75.0 Å². The van der Waals surface area contributed by atoms with Crippen LogP contribution in [0.1, 0.15) is 47.4 Å². The van der Waals surface area contributed by atoms with Crippen molar-refractivity contribution in [1.82, 2.24) is 36.2 Å². The number of fused-ring (bicyclic) bond motifs is 1. The maximum absolute atomic E-state index is 14.0. The molecule has 1 saturated heterocycles. The van der Waals surface area contributed by atoms with Crippen LogP contribution in [0.5, 0.6) is 0 Å². The maximum Gasteiger partial charge on any atom is 0.270 e. The van der Waals surface area contributed by atoms with Crippen molar-refractivity contribution in [3.05, 3.63) is 77.6 Å². The second-order valence-electron chi connectivity index (χ2n) is 13.6. The molecule has 2 unspecified atom stereocenters. The molecular weight excluding hydrogens is 620 g/mol. The van der Waals surface area contributed by atoms with Crippen LogP contribution in [0.2, 0.25) is 0 Å². The van der Waals surface area contributed by atoms with Crippen LogP contribution in [0.4, 0.5) is 5.69 Å². The number of hydrogen-bond donors (Lipinski definition) is 5. The number of aryl methyl sites for hydroxylation is 1. The lowest BCUT2D eigenvalue weighted by molar-refractivity contribution is -0.130. The molecule has 2 aliphatic carbocycles. The fourth-order valence-corrected chi connectivity index (χ4v) is 7.41. The van der Waals surface area contributed by atoms with E-state index in [0.29, 0.717) is 59.9 Å². The molecule has 13 nitrogen and oxygen atoms in total. The van der Waals surface area contributed by atoms with E-state index < -0.39 is 11.9 Å². The van der Waals surface area contributed by atoms with E-state index >= 15 is 0 Å². The number of rotatable bonds is 10. The predicted octanol–water partition coefficient (Wildman–Crippen LogP) is 2.38. The molecule has 49 heavy (non-hydrogen) atoms. The fraction of sp³-hybridized carbons (Fsp3) is 0.417. The van der Waals surface area contributed by atoms with Crippen LogP contribution in [0.25, 0.3) is 22.5 Å². The first-order valence-electron chi connectivity index (χ1n) is 17.1. The average molecular weight is 663 g/mol. The molecule has 3 heterocycles. The molecule has 3 amide bonds. The fourth-order valence-electron chi connectivity index (χ4n) is 7.41. The number of tetrazole rings is 1. The molecule has 7 rings (SSSR count). The number of hydrogen-bond acceptors (Lipinski definition) is 10. The van der Waals surface area contributed by atoms with E-state index in [-0.39, 0.29) is 30.2 Å². The summed E-state index contributed by atoms with van der Waals surface area (Å²) in [4.78, 5) is 46.6. The Labute approximate surface area is 284 Å².